The fraction of sp³-hybridized carbons (Fsp3) is 0.265. The summed E-state index contributed by atoms with van der Waals surface area (Å²) in [5.41, 5.74) is 1.01. The van der Waals surface area contributed by atoms with Crippen LogP contribution in [0.4, 0.5) is 4.79 Å². The molecule has 3 amide bonds. The Balaban J connectivity index is 1.76. The van der Waals surface area contributed by atoms with Gasteiger partial charge in [0.05, 0.1) is 30.9 Å². The van der Waals surface area contributed by atoms with E-state index >= 15 is 0 Å². The zero-order valence-electron chi connectivity index (χ0n) is 25.5. The number of carbonyl (C=O) groups is 5. The molecular weight excluding hydrogens is 578 g/mol. The zero-order valence-corrected chi connectivity index (χ0v) is 25.5. The predicted octanol–water partition coefficient (Wildman–Crippen LogP) is 4.52. The summed E-state index contributed by atoms with van der Waals surface area (Å²) in [5.74, 6) is -3.28. The topological polar surface area (TPSA) is 133 Å². The van der Waals surface area contributed by atoms with Gasteiger partial charge in [0.2, 0.25) is 5.91 Å². The second-order valence-corrected chi connectivity index (χ2v) is 11.5. The number of hydrogen-bond acceptors (Lipinski definition) is 8. The van der Waals surface area contributed by atoms with Gasteiger partial charge >= 0.3 is 12.1 Å². The van der Waals surface area contributed by atoms with Gasteiger partial charge in [-0.05, 0) is 62.2 Å². The van der Waals surface area contributed by atoms with Gasteiger partial charge in [-0.2, -0.15) is 0 Å². The molecule has 0 aliphatic carbocycles. The van der Waals surface area contributed by atoms with Crippen molar-refractivity contribution in [3.05, 3.63) is 101 Å². The highest BCUT2D eigenvalue weighted by atomic mass is 16.6. The predicted molar refractivity (Wildman–Crippen MR) is 164 cm³/mol. The van der Waals surface area contributed by atoms with Crippen LogP contribution in [0.2, 0.25) is 0 Å². The third-order valence-corrected chi connectivity index (χ3v) is 7.47. The Labute approximate surface area is 259 Å². The Bertz CT molecular complexity index is 1770. The van der Waals surface area contributed by atoms with E-state index in [9.17, 15) is 24.0 Å². The highest BCUT2D eigenvalue weighted by Gasteiger charge is 2.47. The van der Waals surface area contributed by atoms with Crippen molar-refractivity contribution < 1.29 is 38.2 Å². The summed E-state index contributed by atoms with van der Waals surface area (Å²) in [7, 11) is 2.70. The van der Waals surface area contributed by atoms with Crippen molar-refractivity contribution in [3.8, 4) is 5.75 Å². The summed E-state index contributed by atoms with van der Waals surface area (Å²) in [4.78, 5) is 68.4. The van der Waals surface area contributed by atoms with Crippen LogP contribution in [-0.2, 0) is 19.1 Å². The molecule has 1 aliphatic rings. The molecule has 11 nitrogen and oxygen atoms in total. The van der Waals surface area contributed by atoms with Crippen LogP contribution in [0.1, 0.15) is 58.5 Å². The number of para-hydroxylation sites is 1. The van der Waals surface area contributed by atoms with Gasteiger partial charge in [-0.15, -0.1) is 0 Å². The fourth-order valence-electron chi connectivity index (χ4n) is 5.47. The maximum Gasteiger partial charge on any atom is 0.419 e. The number of esters is 1. The molecule has 1 aromatic heterocycles. The van der Waals surface area contributed by atoms with Crippen molar-refractivity contribution in [2.75, 3.05) is 20.8 Å². The van der Waals surface area contributed by atoms with Crippen molar-refractivity contribution in [2.45, 2.75) is 38.3 Å². The molecule has 0 saturated heterocycles. The van der Waals surface area contributed by atoms with Crippen molar-refractivity contribution >= 4 is 40.7 Å². The molecule has 1 N–H and O–H groups in total. The first-order chi connectivity index (χ1) is 21.4. The van der Waals surface area contributed by atoms with Crippen molar-refractivity contribution in [1.82, 2.24) is 14.8 Å². The van der Waals surface area contributed by atoms with Crippen LogP contribution in [0.5, 0.6) is 5.75 Å². The molecule has 0 radical (unpaired) electrons. The first-order valence-electron chi connectivity index (χ1n) is 14.2. The lowest BCUT2D eigenvalue weighted by Gasteiger charge is -2.32. The average Bonchev–Trinajstić information content (AvgIpc) is 3.53. The third kappa shape index (κ3) is 6.01. The molecule has 1 aliphatic heterocycles. The number of nitrogens with zero attached hydrogens (tertiary/aromatic N) is 2. The highest BCUT2D eigenvalue weighted by molar-refractivity contribution is 6.23. The molecule has 0 saturated carbocycles. The molecular formula is C34H33N3O8. The number of fused-ring (bicyclic) bond motifs is 2. The molecule has 4 aromatic rings. The second-order valence-electron chi connectivity index (χ2n) is 11.5. The Hall–Kier alpha value is -5.45. The summed E-state index contributed by atoms with van der Waals surface area (Å²) in [6.45, 7) is 4.76. The van der Waals surface area contributed by atoms with E-state index in [0.29, 0.717) is 27.8 Å². The van der Waals surface area contributed by atoms with Crippen LogP contribution in [0.3, 0.4) is 0 Å². The number of imide groups is 1. The van der Waals surface area contributed by atoms with E-state index in [0.717, 1.165) is 4.90 Å². The summed E-state index contributed by atoms with van der Waals surface area (Å²) in [5, 5.41) is 3.14. The molecule has 3 aromatic carbocycles. The van der Waals surface area contributed by atoms with Gasteiger partial charge in [-0.1, -0.05) is 42.5 Å². The van der Waals surface area contributed by atoms with Crippen molar-refractivity contribution in [3.63, 3.8) is 0 Å². The van der Waals surface area contributed by atoms with E-state index in [4.69, 9.17) is 14.2 Å². The third-order valence-electron chi connectivity index (χ3n) is 7.47. The molecule has 0 bridgehead atoms. The number of nitrogens with one attached hydrogen (secondary N) is 1. The Morgan fingerprint density at radius 1 is 0.844 bits per heavy atom. The standard InChI is InChI=1S/C34H33N3O8/c1-34(2,3)45-33(42)36-19-25(22-10-8-9-13-26(22)36)28(20-14-16-21(43-4)17-15-20)29(30(39)35-18-27(38)44-5)37-31(40)23-11-6-7-12-24(23)32(37)41/h6-17,19,28-29H,18H2,1-5H3,(H,35,39)/t28-,29-/m0/s1. The SMILES string of the molecule is COC(=O)CNC(=O)[C@H]([C@@H](c1ccc(OC)cc1)c1cn(C(=O)OC(C)(C)C)c2ccccc12)N1C(=O)c2ccccc2C1=O. The number of amides is 3. The van der Waals surface area contributed by atoms with Gasteiger partial charge in [0.15, 0.2) is 0 Å². The van der Waals surface area contributed by atoms with E-state index in [1.54, 1.807) is 87.6 Å². The molecule has 11 heteroatoms. The molecule has 2 heterocycles. The van der Waals surface area contributed by atoms with E-state index < -0.39 is 53.9 Å². The van der Waals surface area contributed by atoms with Gasteiger partial charge in [0, 0.05) is 17.5 Å². The lowest BCUT2D eigenvalue weighted by molar-refractivity contribution is -0.141. The monoisotopic (exact) mass is 611 g/mol. The molecule has 0 spiro atoms. The molecule has 45 heavy (non-hydrogen) atoms. The minimum absolute atomic E-state index is 0.151. The lowest BCUT2D eigenvalue weighted by atomic mass is 9.83. The van der Waals surface area contributed by atoms with E-state index in [1.165, 1.54) is 30.9 Å². The van der Waals surface area contributed by atoms with Gasteiger partial charge in [-0.25, -0.2) is 4.79 Å². The van der Waals surface area contributed by atoms with Crippen LogP contribution in [-0.4, -0.2) is 71.7 Å². The number of methoxy groups -OCH3 is 2. The summed E-state index contributed by atoms with van der Waals surface area (Å²) in [6.07, 6.45) is 0.915. The molecule has 5 rings (SSSR count). The number of hydrogen-bond donors (Lipinski definition) is 1. The van der Waals surface area contributed by atoms with E-state index in [2.05, 4.69) is 5.32 Å². The quantitative estimate of drug-likeness (QED) is 0.227. The van der Waals surface area contributed by atoms with Crippen molar-refractivity contribution in [1.29, 1.82) is 0 Å². The van der Waals surface area contributed by atoms with Crippen LogP contribution in [0.25, 0.3) is 10.9 Å². The fourth-order valence-corrected chi connectivity index (χ4v) is 5.47. The highest BCUT2D eigenvalue weighted by Crippen LogP contribution is 2.40. The van der Waals surface area contributed by atoms with Crippen LogP contribution in [0, 0.1) is 0 Å². The van der Waals surface area contributed by atoms with E-state index in [-0.39, 0.29) is 11.1 Å². The van der Waals surface area contributed by atoms with Gasteiger partial charge < -0.3 is 19.5 Å². The van der Waals surface area contributed by atoms with Gasteiger partial charge in [0.1, 0.15) is 23.9 Å². The lowest BCUT2D eigenvalue weighted by Crippen LogP contribution is -2.53. The Morgan fingerprint density at radius 3 is 2.02 bits per heavy atom. The van der Waals surface area contributed by atoms with Gasteiger partial charge in [0.25, 0.3) is 11.8 Å². The molecule has 0 unspecified atom stereocenters. The summed E-state index contributed by atoms with van der Waals surface area (Å²) in [6, 6.07) is 18.7. The summed E-state index contributed by atoms with van der Waals surface area (Å²) < 4.78 is 17.1. The number of benzene rings is 3. The first-order valence-corrected chi connectivity index (χ1v) is 14.2. The number of ether oxygens (including phenoxy) is 3. The Morgan fingerprint density at radius 2 is 1.44 bits per heavy atom. The minimum atomic E-state index is -1.49. The number of aromatic nitrogens is 1. The van der Waals surface area contributed by atoms with Gasteiger partial charge in [-0.3, -0.25) is 28.6 Å². The first kappa shape index (κ1) is 31.0. The smallest absolute Gasteiger partial charge is 0.419 e. The van der Waals surface area contributed by atoms with E-state index in [1.807, 2.05) is 0 Å². The maximum absolute atomic E-state index is 14.2. The average molecular weight is 612 g/mol. The number of rotatable bonds is 8. The normalized spacial score (nSPS) is 14.1. The van der Waals surface area contributed by atoms with Crippen LogP contribution >= 0.6 is 0 Å². The van der Waals surface area contributed by atoms with Crippen LogP contribution < -0.4 is 10.1 Å². The minimum Gasteiger partial charge on any atom is -0.497 e. The van der Waals surface area contributed by atoms with Crippen molar-refractivity contribution in [2.24, 2.45) is 0 Å². The second kappa shape index (κ2) is 12.3. The molecule has 2 atom stereocenters. The Kier molecular flexibility index (Phi) is 8.45. The maximum atomic E-state index is 14.2. The van der Waals surface area contributed by atoms with Crippen LogP contribution in [0.15, 0.2) is 79.0 Å². The zero-order chi connectivity index (χ0) is 32.5. The summed E-state index contributed by atoms with van der Waals surface area (Å²) >= 11 is 0. The molecule has 232 valence electrons. The largest absolute Gasteiger partial charge is 0.497 e. The number of carbonyl (C=O) groups excluding carboxylic acids is 5. The molecule has 0 fully saturated rings.